The van der Waals surface area contributed by atoms with Crippen LogP contribution in [0, 0.1) is 0 Å². The molecular weight excluding hydrogens is 322 g/mol. The van der Waals surface area contributed by atoms with Gasteiger partial charge in [-0.05, 0) is 73.4 Å². The van der Waals surface area contributed by atoms with E-state index >= 15 is 0 Å². The van der Waals surface area contributed by atoms with Crippen LogP contribution in [0.4, 0.5) is 5.69 Å². The Morgan fingerprint density at radius 1 is 0.808 bits per heavy atom. The standard InChI is InChI=1S/C23H23NO2/c25-23-21(18-8-7-16-5-1-2-6-17(16)13-18)14-19-9-10-20(15-22(19)26-23)24-11-3-4-12-24/h7-10,13-15H,1-6,11-12H2. The maximum atomic E-state index is 12.7. The third-order valence-electron chi connectivity index (χ3n) is 5.85. The van der Waals surface area contributed by atoms with E-state index in [0.717, 1.165) is 42.6 Å². The molecule has 0 spiro atoms. The van der Waals surface area contributed by atoms with Gasteiger partial charge < -0.3 is 9.32 Å². The van der Waals surface area contributed by atoms with Crippen LogP contribution in [0.15, 0.2) is 51.7 Å². The number of hydrogen-bond acceptors (Lipinski definition) is 3. The Hall–Kier alpha value is -2.55. The average molecular weight is 345 g/mol. The van der Waals surface area contributed by atoms with Gasteiger partial charge in [0.15, 0.2) is 0 Å². The van der Waals surface area contributed by atoms with Crippen molar-refractivity contribution in [3.63, 3.8) is 0 Å². The van der Waals surface area contributed by atoms with E-state index in [-0.39, 0.29) is 5.63 Å². The lowest BCUT2D eigenvalue weighted by atomic mass is 9.89. The van der Waals surface area contributed by atoms with E-state index in [9.17, 15) is 4.79 Å². The first-order chi connectivity index (χ1) is 12.8. The van der Waals surface area contributed by atoms with Crippen molar-refractivity contribution in [3.05, 3.63) is 64.0 Å². The molecule has 3 heteroatoms. The van der Waals surface area contributed by atoms with Crippen molar-refractivity contribution in [2.24, 2.45) is 0 Å². The number of rotatable bonds is 2. The van der Waals surface area contributed by atoms with Gasteiger partial charge >= 0.3 is 5.63 Å². The Morgan fingerprint density at radius 2 is 1.62 bits per heavy atom. The van der Waals surface area contributed by atoms with Crippen molar-refractivity contribution in [2.75, 3.05) is 18.0 Å². The van der Waals surface area contributed by atoms with Crippen LogP contribution in [0.25, 0.3) is 22.1 Å². The smallest absolute Gasteiger partial charge is 0.344 e. The second-order valence-electron chi connectivity index (χ2n) is 7.55. The summed E-state index contributed by atoms with van der Waals surface area (Å²) >= 11 is 0. The van der Waals surface area contributed by atoms with Gasteiger partial charge in [-0.15, -0.1) is 0 Å². The average Bonchev–Trinajstić information content (AvgIpc) is 3.21. The predicted octanol–water partition coefficient (Wildman–Crippen LogP) is 4.94. The Labute approximate surface area is 153 Å². The third kappa shape index (κ3) is 2.72. The molecule has 1 fully saturated rings. The Kier molecular flexibility index (Phi) is 3.81. The molecule has 5 rings (SSSR count). The number of fused-ring (bicyclic) bond motifs is 2. The number of benzene rings is 2. The zero-order chi connectivity index (χ0) is 17.5. The van der Waals surface area contributed by atoms with Gasteiger partial charge in [0.1, 0.15) is 5.58 Å². The fraction of sp³-hybridized carbons (Fsp3) is 0.348. The van der Waals surface area contributed by atoms with Crippen LogP contribution in [0.2, 0.25) is 0 Å². The van der Waals surface area contributed by atoms with Crippen LogP contribution in [0.5, 0.6) is 0 Å². The number of anilines is 1. The second-order valence-corrected chi connectivity index (χ2v) is 7.55. The van der Waals surface area contributed by atoms with Gasteiger partial charge in [0.2, 0.25) is 0 Å². The largest absolute Gasteiger partial charge is 0.422 e. The van der Waals surface area contributed by atoms with Gasteiger partial charge in [0.25, 0.3) is 0 Å². The normalized spacial score (nSPS) is 16.8. The molecule has 0 radical (unpaired) electrons. The van der Waals surface area contributed by atoms with E-state index in [1.807, 2.05) is 12.1 Å². The van der Waals surface area contributed by atoms with Crippen molar-refractivity contribution in [1.29, 1.82) is 0 Å². The van der Waals surface area contributed by atoms with E-state index in [4.69, 9.17) is 4.42 Å². The third-order valence-corrected chi connectivity index (χ3v) is 5.85. The molecule has 26 heavy (non-hydrogen) atoms. The molecule has 1 saturated heterocycles. The van der Waals surface area contributed by atoms with E-state index in [1.54, 1.807) is 0 Å². The molecule has 0 bridgehead atoms. The first-order valence-corrected chi connectivity index (χ1v) is 9.73. The van der Waals surface area contributed by atoms with Crippen molar-refractivity contribution < 1.29 is 4.42 Å². The molecule has 1 aromatic heterocycles. The van der Waals surface area contributed by atoms with Gasteiger partial charge in [0.05, 0.1) is 5.56 Å². The van der Waals surface area contributed by atoms with Crippen LogP contribution in [0.1, 0.15) is 36.8 Å². The first-order valence-electron chi connectivity index (χ1n) is 9.73. The molecule has 0 saturated carbocycles. The Balaban J connectivity index is 1.57. The SMILES string of the molecule is O=c1oc2cc(N3CCCC3)ccc2cc1-c1ccc2c(c1)CCCC2. The molecule has 132 valence electrons. The van der Waals surface area contributed by atoms with E-state index in [2.05, 4.69) is 35.2 Å². The van der Waals surface area contributed by atoms with Crippen LogP contribution >= 0.6 is 0 Å². The lowest BCUT2D eigenvalue weighted by Crippen LogP contribution is -2.17. The number of aryl methyl sites for hydroxylation is 2. The summed E-state index contributed by atoms with van der Waals surface area (Å²) < 4.78 is 5.71. The molecule has 0 unspecified atom stereocenters. The van der Waals surface area contributed by atoms with Crippen LogP contribution in [0.3, 0.4) is 0 Å². The molecule has 0 N–H and O–H groups in total. The highest BCUT2D eigenvalue weighted by atomic mass is 16.4. The minimum Gasteiger partial charge on any atom is -0.422 e. The van der Waals surface area contributed by atoms with Gasteiger partial charge in [0, 0.05) is 30.2 Å². The Bertz CT molecular complexity index is 1030. The first kappa shape index (κ1) is 15.7. The topological polar surface area (TPSA) is 33.5 Å². The molecule has 2 heterocycles. The molecule has 2 aromatic carbocycles. The molecule has 0 atom stereocenters. The van der Waals surface area contributed by atoms with Crippen molar-refractivity contribution in [3.8, 4) is 11.1 Å². The van der Waals surface area contributed by atoms with Gasteiger partial charge in [-0.1, -0.05) is 18.2 Å². The quantitative estimate of drug-likeness (QED) is 0.617. The van der Waals surface area contributed by atoms with E-state index in [1.165, 1.54) is 36.8 Å². The fourth-order valence-corrected chi connectivity index (χ4v) is 4.37. The second kappa shape index (κ2) is 6.31. The molecule has 1 aliphatic carbocycles. The Morgan fingerprint density at radius 3 is 2.46 bits per heavy atom. The van der Waals surface area contributed by atoms with Gasteiger partial charge in [-0.3, -0.25) is 0 Å². The maximum absolute atomic E-state index is 12.7. The summed E-state index contributed by atoms with van der Waals surface area (Å²) in [5, 5.41) is 0.986. The summed E-state index contributed by atoms with van der Waals surface area (Å²) in [6, 6.07) is 14.7. The highest BCUT2D eigenvalue weighted by Gasteiger charge is 2.15. The highest BCUT2D eigenvalue weighted by Crippen LogP contribution is 2.29. The lowest BCUT2D eigenvalue weighted by Gasteiger charge is -2.18. The zero-order valence-corrected chi connectivity index (χ0v) is 15.0. The lowest BCUT2D eigenvalue weighted by molar-refractivity contribution is 0.563. The summed E-state index contributed by atoms with van der Waals surface area (Å²) in [5.74, 6) is 0. The summed E-state index contributed by atoms with van der Waals surface area (Å²) in [7, 11) is 0. The maximum Gasteiger partial charge on any atom is 0.344 e. The number of hydrogen-bond donors (Lipinski definition) is 0. The summed E-state index contributed by atoms with van der Waals surface area (Å²) in [4.78, 5) is 15.0. The monoisotopic (exact) mass is 345 g/mol. The van der Waals surface area contributed by atoms with Crippen LogP contribution in [-0.4, -0.2) is 13.1 Å². The van der Waals surface area contributed by atoms with Gasteiger partial charge in [-0.25, -0.2) is 4.79 Å². The fourth-order valence-electron chi connectivity index (χ4n) is 4.37. The summed E-state index contributed by atoms with van der Waals surface area (Å²) in [6.07, 6.45) is 7.24. The molecule has 2 aliphatic rings. The number of nitrogens with zero attached hydrogens (tertiary/aromatic N) is 1. The predicted molar refractivity (Wildman–Crippen MR) is 106 cm³/mol. The molecule has 3 aromatic rings. The minimum atomic E-state index is -0.244. The minimum absolute atomic E-state index is 0.244. The molecule has 3 nitrogen and oxygen atoms in total. The van der Waals surface area contributed by atoms with E-state index < -0.39 is 0 Å². The summed E-state index contributed by atoms with van der Waals surface area (Å²) in [6.45, 7) is 2.17. The molecule has 1 aliphatic heterocycles. The van der Waals surface area contributed by atoms with Gasteiger partial charge in [-0.2, -0.15) is 0 Å². The van der Waals surface area contributed by atoms with Crippen molar-refractivity contribution >= 4 is 16.7 Å². The summed E-state index contributed by atoms with van der Waals surface area (Å²) in [5.41, 5.74) is 6.05. The molecule has 0 amide bonds. The van der Waals surface area contributed by atoms with Crippen LogP contribution < -0.4 is 10.5 Å². The van der Waals surface area contributed by atoms with Crippen LogP contribution in [-0.2, 0) is 12.8 Å². The molecular formula is C23H23NO2. The highest BCUT2D eigenvalue weighted by molar-refractivity contribution is 5.84. The van der Waals surface area contributed by atoms with Crippen molar-refractivity contribution in [1.82, 2.24) is 0 Å². The zero-order valence-electron chi connectivity index (χ0n) is 15.0. The van der Waals surface area contributed by atoms with E-state index in [0.29, 0.717) is 11.1 Å². The van der Waals surface area contributed by atoms with Crippen molar-refractivity contribution in [2.45, 2.75) is 38.5 Å².